The van der Waals surface area contributed by atoms with Gasteiger partial charge in [0.1, 0.15) is 5.69 Å². The molecule has 8 heteroatoms. The molecule has 0 saturated heterocycles. The van der Waals surface area contributed by atoms with Crippen LogP contribution in [0.25, 0.3) is 0 Å². The molecule has 2 heterocycles. The molecule has 8 nitrogen and oxygen atoms in total. The second-order valence-electron chi connectivity index (χ2n) is 6.85. The van der Waals surface area contributed by atoms with Crippen molar-refractivity contribution >= 4 is 11.8 Å². The molecular formula is C18H31N5O3. The lowest BCUT2D eigenvalue weighted by molar-refractivity contribution is 0.0936. The van der Waals surface area contributed by atoms with Gasteiger partial charge in [0.15, 0.2) is 5.82 Å². The maximum absolute atomic E-state index is 12.5. The van der Waals surface area contributed by atoms with Crippen molar-refractivity contribution in [3.63, 3.8) is 0 Å². The minimum absolute atomic E-state index is 0.203. The summed E-state index contributed by atoms with van der Waals surface area (Å²) in [6.45, 7) is 3.37. The number of hydrogen-bond donors (Lipinski definition) is 2. The van der Waals surface area contributed by atoms with Gasteiger partial charge in [0.2, 0.25) is 0 Å². The van der Waals surface area contributed by atoms with Crippen molar-refractivity contribution in [2.24, 2.45) is 0 Å². The van der Waals surface area contributed by atoms with Crippen molar-refractivity contribution in [1.29, 1.82) is 0 Å². The second-order valence-corrected chi connectivity index (χ2v) is 6.85. The number of carbonyl (C=O) groups excluding carboxylic acids is 2. The van der Waals surface area contributed by atoms with Crippen LogP contribution in [-0.2, 0) is 17.7 Å². The first-order valence-electron chi connectivity index (χ1n) is 9.34. The first-order chi connectivity index (χ1) is 12.5. The van der Waals surface area contributed by atoms with Gasteiger partial charge in [-0.3, -0.25) is 9.59 Å². The quantitative estimate of drug-likeness (QED) is 0.595. The maximum Gasteiger partial charge on any atom is 0.287 e. The van der Waals surface area contributed by atoms with E-state index in [4.69, 9.17) is 4.74 Å². The summed E-state index contributed by atoms with van der Waals surface area (Å²) < 4.78 is 6.90. The van der Waals surface area contributed by atoms with E-state index < -0.39 is 0 Å². The molecule has 0 unspecified atom stereocenters. The fourth-order valence-electron chi connectivity index (χ4n) is 3.08. The highest BCUT2D eigenvalue weighted by Crippen LogP contribution is 2.21. The van der Waals surface area contributed by atoms with Gasteiger partial charge >= 0.3 is 0 Å². The van der Waals surface area contributed by atoms with Gasteiger partial charge in [0.25, 0.3) is 11.8 Å². The van der Waals surface area contributed by atoms with Crippen molar-refractivity contribution in [2.45, 2.75) is 38.6 Å². The zero-order chi connectivity index (χ0) is 18.9. The molecule has 0 saturated carbocycles. The molecule has 1 aliphatic heterocycles. The number of amides is 2. The predicted molar refractivity (Wildman–Crippen MR) is 99.5 cm³/mol. The highest BCUT2D eigenvalue weighted by atomic mass is 16.5. The zero-order valence-corrected chi connectivity index (χ0v) is 16.1. The Balaban J connectivity index is 2.04. The average molecular weight is 365 g/mol. The zero-order valence-electron chi connectivity index (χ0n) is 16.1. The van der Waals surface area contributed by atoms with E-state index in [1.807, 2.05) is 18.7 Å². The number of rotatable bonds is 10. The number of fused-ring (bicyclic) bond motifs is 1. The first kappa shape index (κ1) is 20.4. The van der Waals surface area contributed by atoms with E-state index in [2.05, 4.69) is 20.5 Å². The highest BCUT2D eigenvalue weighted by Gasteiger charge is 2.27. The fraction of sp³-hybridized carbons (Fsp3) is 0.722. The number of nitrogens with one attached hydrogen (secondary N) is 2. The normalized spacial score (nSPS) is 13.5. The molecule has 0 radical (unpaired) electrons. The van der Waals surface area contributed by atoms with Crippen LogP contribution >= 0.6 is 0 Å². The third-order valence-electron chi connectivity index (χ3n) is 4.41. The molecule has 146 valence electrons. The topological polar surface area (TPSA) is 88.5 Å². The largest absolute Gasteiger partial charge is 0.385 e. The molecule has 0 fully saturated rings. The van der Waals surface area contributed by atoms with E-state index in [1.165, 1.54) is 0 Å². The minimum atomic E-state index is -0.210. The van der Waals surface area contributed by atoms with Crippen LogP contribution in [0.15, 0.2) is 0 Å². The lowest BCUT2D eigenvalue weighted by Crippen LogP contribution is -2.30. The predicted octanol–water partition coefficient (Wildman–Crippen LogP) is 0.667. The molecule has 0 bridgehead atoms. The smallest absolute Gasteiger partial charge is 0.287 e. The lowest BCUT2D eigenvalue weighted by Gasteiger charge is -2.17. The van der Waals surface area contributed by atoms with Gasteiger partial charge in [0, 0.05) is 33.4 Å². The van der Waals surface area contributed by atoms with Gasteiger partial charge < -0.3 is 24.8 Å². The van der Waals surface area contributed by atoms with E-state index in [0.29, 0.717) is 31.2 Å². The molecular weight excluding hydrogens is 334 g/mol. The molecule has 1 aliphatic rings. The summed E-state index contributed by atoms with van der Waals surface area (Å²) in [5.74, 6) is -0.0599. The van der Waals surface area contributed by atoms with Crippen LogP contribution in [0.1, 0.15) is 52.5 Å². The third-order valence-corrected chi connectivity index (χ3v) is 4.41. The summed E-state index contributed by atoms with van der Waals surface area (Å²) in [4.78, 5) is 31.5. The van der Waals surface area contributed by atoms with Crippen molar-refractivity contribution in [3.8, 4) is 0 Å². The molecule has 2 amide bonds. The van der Waals surface area contributed by atoms with E-state index in [1.54, 1.807) is 7.11 Å². The van der Waals surface area contributed by atoms with Gasteiger partial charge in [-0.15, -0.1) is 0 Å². The van der Waals surface area contributed by atoms with Crippen LogP contribution in [0, 0.1) is 0 Å². The number of carbonyl (C=O) groups is 2. The van der Waals surface area contributed by atoms with Crippen LogP contribution in [0.4, 0.5) is 0 Å². The molecule has 2 rings (SSSR count). The Morgan fingerprint density at radius 3 is 2.62 bits per heavy atom. The summed E-state index contributed by atoms with van der Waals surface area (Å²) in [6.07, 6.45) is 4.41. The number of ether oxygens (including phenoxy) is 1. The van der Waals surface area contributed by atoms with E-state index in [0.717, 1.165) is 50.9 Å². The highest BCUT2D eigenvalue weighted by molar-refractivity contribution is 5.97. The van der Waals surface area contributed by atoms with Gasteiger partial charge in [-0.1, -0.05) is 0 Å². The summed E-state index contributed by atoms with van der Waals surface area (Å²) >= 11 is 0. The number of nitrogens with zero attached hydrogens (tertiary/aromatic N) is 3. The van der Waals surface area contributed by atoms with Gasteiger partial charge in [-0.25, -0.2) is 4.98 Å². The summed E-state index contributed by atoms with van der Waals surface area (Å²) in [6, 6.07) is 0. The van der Waals surface area contributed by atoms with Crippen LogP contribution < -0.4 is 10.6 Å². The summed E-state index contributed by atoms with van der Waals surface area (Å²) in [7, 11) is 5.64. The minimum Gasteiger partial charge on any atom is -0.385 e. The molecule has 0 aliphatic carbocycles. The number of imidazole rings is 1. The second kappa shape index (κ2) is 10.3. The van der Waals surface area contributed by atoms with Crippen LogP contribution in [0.3, 0.4) is 0 Å². The summed E-state index contributed by atoms with van der Waals surface area (Å²) in [5.41, 5.74) is 1.26. The Morgan fingerprint density at radius 1 is 1.15 bits per heavy atom. The van der Waals surface area contributed by atoms with E-state index in [-0.39, 0.29) is 11.8 Å². The van der Waals surface area contributed by atoms with Crippen molar-refractivity contribution in [1.82, 2.24) is 25.1 Å². The lowest BCUT2D eigenvalue weighted by atomic mass is 10.1. The SMILES string of the molecule is COCCCNC(=O)c1nc(C(=O)NCCCN(C)C)n2c1CCCC2. The Bertz CT molecular complexity index is 612. The Hall–Kier alpha value is -1.93. The van der Waals surface area contributed by atoms with Gasteiger partial charge in [0.05, 0.1) is 5.69 Å². The van der Waals surface area contributed by atoms with Crippen LogP contribution in [-0.4, -0.2) is 73.7 Å². The van der Waals surface area contributed by atoms with Gasteiger partial charge in [-0.05, 0) is 52.7 Å². The number of methoxy groups -OCH3 is 1. The Morgan fingerprint density at radius 2 is 1.88 bits per heavy atom. The number of hydrogen-bond acceptors (Lipinski definition) is 5. The van der Waals surface area contributed by atoms with Gasteiger partial charge in [-0.2, -0.15) is 0 Å². The van der Waals surface area contributed by atoms with Crippen LogP contribution in [0.5, 0.6) is 0 Å². The van der Waals surface area contributed by atoms with Crippen LogP contribution in [0.2, 0.25) is 0 Å². The van der Waals surface area contributed by atoms with E-state index in [9.17, 15) is 9.59 Å². The fourth-order valence-corrected chi connectivity index (χ4v) is 3.08. The number of aromatic nitrogens is 2. The third kappa shape index (κ3) is 5.54. The average Bonchev–Trinajstić information content (AvgIpc) is 3.02. The molecule has 0 atom stereocenters. The molecule has 1 aromatic rings. The molecule has 1 aromatic heterocycles. The van der Waals surface area contributed by atoms with Crippen molar-refractivity contribution < 1.29 is 14.3 Å². The molecule has 2 N–H and O–H groups in total. The van der Waals surface area contributed by atoms with Crippen molar-refractivity contribution in [2.75, 3.05) is 47.4 Å². The van der Waals surface area contributed by atoms with E-state index >= 15 is 0 Å². The molecule has 0 aromatic carbocycles. The van der Waals surface area contributed by atoms with Crippen molar-refractivity contribution in [3.05, 3.63) is 17.2 Å². The molecule has 26 heavy (non-hydrogen) atoms. The monoisotopic (exact) mass is 365 g/mol. The Labute approximate surface area is 155 Å². The maximum atomic E-state index is 12.5. The summed E-state index contributed by atoms with van der Waals surface area (Å²) in [5, 5.41) is 5.79. The Kier molecular flexibility index (Phi) is 8.06. The standard InChI is InChI=1S/C18H31N5O3/c1-22(2)11-6-9-20-18(25)16-21-15(14-8-4-5-12-23(14)16)17(24)19-10-7-13-26-3/h4-13H2,1-3H3,(H,19,24)(H,20,25). The molecule has 0 spiro atoms. The first-order valence-corrected chi connectivity index (χ1v) is 9.34.